The van der Waals surface area contributed by atoms with Crippen molar-refractivity contribution in [1.82, 2.24) is 4.98 Å². The maximum atomic E-state index is 12.4. The molecule has 3 rings (SSSR count). The summed E-state index contributed by atoms with van der Waals surface area (Å²) in [6.07, 6.45) is 2.54. The Hall–Kier alpha value is -1.75. The maximum absolute atomic E-state index is 12.4. The van der Waals surface area contributed by atoms with Gasteiger partial charge in [-0.1, -0.05) is 18.2 Å². The lowest BCUT2D eigenvalue weighted by Gasteiger charge is -2.08. The van der Waals surface area contributed by atoms with E-state index in [1.807, 2.05) is 24.3 Å². The first kappa shape index (κ1) is 13.2. The molecule has 1 saturated heterocycles. The second kappa shape index (κ2) is 4.98. The van der Waals surface area contributed by atoms with Gasteiger partial charge in [0.2, 0.25) is 0 Å². The number of carbonyl (C=O) groups excluding carboxylic acids is 1. The molecule has 1 atom stereocenters. The Morgan fingerprint density at radius 2 is 2.05 bits per heavy atom. The van der Waals surface area contributed by atoms with Crippen LogP contribution in [0.1, 0.15) is 23.2 Å². The van der Waals surface area contributed by atoms with E-state index in [0.717, 1.165) is 5.39 Å². The van der Waals surface area contributed by atoms with Gasteiger partial charge in [0.05, 0.1) is 17.0 Å². The SMILES string of the molecule is O=C(CC1CCS(=O)(=O)C1)c1cccc2cccnc12. The molecule has 1 aromatic carbocycles. The fraction of sp³-hybridized carbons (Fsp3) is 0.333. The third-order valence-electron chi connectivity index (χ3n) is 3.73. The molecule has 1 aliphatic rings. The van der Waals surface area contributed by atoms with Gasteiger partial charge >= 0.3 is 0 Å². The van der Waals surface area contributed by atoms with Crippen LogP contribution in [0, 0.1) is 5.92 Å². The van der Waals surface area contributed by atoms with Crippen LogP contribution in [0.4, 0.5) is 0 Å². The van der Waals surface area contributed by atoms with Crippen LogP contribution < -0.4 is 0 Å². The molecule has 0 aliphatic carbocycles. The highest BCUT2D eigenvalue weighted by atomic mass is 32.2. The molecule has 0 saturated carbocycles. The van der Waals surface area contributed by atoms with E-state index in [2.05, 4.69) is 4.98 Å². The minimum atomic E-state index is -2.93. The van der Waals surface area contributed by atoms with Crippen LogP contribution in [0.25, 0.3) is 10.9 Å². The van der Waals surface area contributed by atoms with Crippen molar-refractivity contribution in [3.8, 4) is 0 Å². The van der Waals surface area contributed by atoms with Crippen molar-refractivity contribution in [3.05, 3.63) is 42.1 Å². The van der Waals surface area contributed by atoms with Gasteiger partial charge in [-0.05, 0) is 24.5 Å². The minimum absolute atomic E-state index is 0.0172. The molecule has 2 heterocycles. The summed E-state index contributed by atoms with van der Waals surface area (Å²) in [5.74, 6) is 0.276. The zero-order valence-corrected chi connectivity index (χ0v) is 11.8. The number of aromatic nitrogens is 1. The lowest BCUT2D eigenvalue weighted by molar-refractivity contribution is 0.0967. The quantitative estimate of drug-likeness (QED) is 0.813. The van der Waals surface area contributed by atoms with Crippen LogP contribution in [-0.2, 0) is 9.84 Å². The van der Waals surface area contributed by atoms with Crippen molar-refractivity contribution < 1.29 is 13.2 Å². The van der Waals surface area contributed by atoms with E-state index in [0.29, 0.717) is 17.5 Å². The number of sulfone groups is 1. The molecule has 5 heteroatoms. The van der Waals surface area contributed by atoms with Gasteiger partial charge in [0, 0.05) is 23.6 Å². The molecule has 2 aromatic rings. The summed E-state index contributed by atoms with van der Waals surface area (Å²) in [6, 6.07) is 9.27. The van der Waals surface area contributed by atoms with Gasteiger partial charge in [-0.2, -0.15) is 0 Å². The van der Waals surface area contributed by atoms with Crippen LogP contribution in [-0.4, -0.2) is 30.7 Å². The Morgan fingerprint density at radius 3 is 2.80 bits per heavy atom. The second-order valence-electron chi connectivity index (χ2n) is 5.28. The van der Waals surface area contributed by atoms with Crippen LogP contribution in [0.15, 0.2) is 36.5 Å². The monoisotopic (exact) mass is 289 g/mol. The number of benzene rings is 1. The molecule has 4 nitrogen and oxygen atoms in total. The highest BCUT2D eigenvalue weighted by Crippen LogP contribution is 2.25. The first-order valence-corrected chi connectivity index (χ1v) is 8.45. The maximum Gasteiger partial charge on any atom is 0.165 e. The van der Waals surface area contributed by atoms with E-state index in [1.165, 1.54) is 0 Å². The largest absolute Gasteiger partial charge is 0.294 e. The number of rotatable bonds is 3. The number of ketones is 1. The standard InChI is InChI=1S/C15H15NO3S/c17-14(9-11-6-8-20(18,19)10-11)13-5-1-3-12-4-2-7-16-15(12)13/h1-5,7,11H,6,8-10H2. The highest BCUT2D eigenvalue weighted by molar-refractivity contribution is 7.91. The van der Waals surface area contributed by atoms with Gasteiger partial charge in [-0.15, -0.1) is 0 Å². The first-order valence-electron chi connectivity index (χ1n) is 6.62. The number of hydrogen-bond donors (Lipinski definition) is 0. The molecular weight excluding hydrogens is 274 g/mol. The summed E-state index contributed by atoms with van der Waals surface area (Å²) >= 11 is 0. The lowest BCUT2D eigenvalue weighted by Crippen LogP contribution is -2.11. The summed E-state index contributed by atoms with van der Waals surface area (Å²) < 4.78 is 22.9. The topological polar surface area (TPSA) is 64.1 Å². The first-order chi connectivity index (χ1) is 9.55. The van der Waals surface area contributed by atoms with Crippen molar-refractivity contribution in [2.24, 2.45) is 5.92 Å². The number of para-hydroxylation sites is 1. The predicted octanol–water partition coefficient (Wildman–Crippen LogP) is 2.24. The molecule has 1 aliphatic heterocycles. The van der Waals surface area contributed by atoms with Crippen LogP contribution in [0.5, 0.6) is 0 Å². The summed E-state index contributed by atoms with van der Waals surface area (Å²) in [5.41, 5.74) is 1.29. The molecule has 20 heavy (non-hydrogen) atoms. The van der Waals surface area contributed by atoms with E-state index < -0.39 is 9.84 Å². The Labute approximate surface area is 117 Å². The van der Waals surface area contributed by atoms with E-state index in [-0.39, 0.29) is 29.6 Å². The van der Waals surface area contributed by atoms with Crippen molar-refractivity contribution in [3.63, 3.8) is 0 Å². The summed E-state index contributed by atoms with van der Waals surface area (Å²) in [4.78, 5) is 16.7. The van der Waals surface area contributed by atoms with E-state index in [1.54, 1.807) is 12.3 Å². The van der Waals surface area contributed by atoms with Crippen molar-refractivity contribution in [2.45, 2.75) is 12.8 Å². The van der Waals surface area contributed by atoms with Crippen molar-refractivity contribution >= 4 is 26.5 Å². The van der Waals surface area contributed by atoms with Gasteiger partial charge in [0.15, 0.2) is 15.6 Å². The van der Waals surface area contributed by atoms with Gasteiger partial charge < -0.3 is 0 Å². The van der Waals surface area contributed by atoms with Crippen molar-refractivity contribution in [1.29, 1.82) is 0 Å². The lowest BCUT2D eigenvalue weighted by atomic mass is 9.96. The van der Waals surface area contributed by atoms with Gasteiger partial charge in [0.25, 0.3) is 0 Å². The average Bonchev–Trinajstić information content (AvgIpc) is 2.77. The summed E-state index contributed by atoms with van der Waals surface area (Å²) in [6.45, 7) is 0. The molecule has 0 N–H and O–H groups in total. The normalized spacial score (nSPS) is 21.1. The number of nitrogens with zero attached hydrogens (tertiary/aromatic N) is 1. The van der Waals surface area contributed by atoms with Crippen LogP contribution in [0.3, 0.4) is 0 Å². The van der Waals surface area contributed by atoms with Gasteiger partial charge in [-0.3, -0.25) is 9.78 Å². The summed E-state index contributed by atoms with van der Waals surface area (Å²) in [5, 5.41) is 0.928. The Balaban J connectivity index is 1.86. The fourth-order valence-corrected chi connectivity index (χ4v) is 4.60. The third-order valence-corrected chi connectivity index (χ3v) is 5.57. The number of carbonyl (C=O) groups is 1. The molecular formula is C15H15NO3S. The van der Waals surface area contributed by atoms with Crippen molar-refractivity contribution in [2.75, 3.05) is 11.5 Å². The average molecular weight is 289 g/mol. The van der Waals surface area contributed by atoms with E-state index in [4.69, 9.17) is 0 Å². The molecule has 104 valence electrons. The van der Waals surface area contributed by atoms with Gasteiger partial charge in [0.1, 0.15) is 0 Å². The molecule has 1 aromatic heterocycles. The number of fused-ring (bicyclic) bond motifs is 1. The molecule has 1 fully saturated rings. The Kier molecular flexibility index (Phi) is 3.30. The molecule has 1 unspecified atom stereocenters. The zero-order chi connectivity index (χ0) is 14.2. The second-order valence-corrected chi connectivity index (χ2v) is 7.51. The number of pyridine rings is 1. The predicted molar refractivity (Wildman–Crippen MR) is 77.5 cm³/mol. The Bertz CT molecular complexity index is 762. The molecule has 0 spiro atoms. The van der Waals surface area contributed by atoms with Crippen LogP contribution >= 0.6 is 0 Å². The number of Topliss-reactive ketones (excluding diaryl/α,β-unsaturated/α-hetero) is 1. The molecule has 0 amide bonds. The Morgan fingerprint density at radius 1 is 1.25 bits per heavy atom. The smallest absolute Gasteiger partial charge is 0.165 e. The fourth-order valence-electron chi connectivity index (χ4n) is 2.73. The van der Waals surface area contributed by atoms with E-state index >= 15 is 0 Å². The number of hydrogen-bond acceptors (Lipinski definition) is 4. The summed E-state index contributed by atoms with van der Waals surface area (Å²) in [7, 11) is -2.93. The van der Waals surface area contributed by atoms with E-state index in [9.17, 15) is 13.2 Å². The van der Waals surface area contributed by atoms with Crippen LogP contribution in [0.2, 0.25) is 0 Å². The zero-order valence-electron chi connectivity index (χ0n) is 11.0. The minimum Gasteiger partial charge on any atom is -0.294 e. The van der Waals surface area contributed by atoms with Gasteiger partial charge in [-0.25, -0.2) is 8.42 Å². The highest BCUT2D eigenvalue weighted by Gasteiger charge is 2.29. The molecule has 0 bridgehead atoms. The third kappa shape index (κ3) is 2.58. The molecule has 0 radical (unpaired) electrons.